The number of benzene rings is 3. The van der Waals surface area contributed by atoms with Crippen LogP contribution in [0, 0.1) is 0 Å². The van der Waals surface area contributed by atoms with Crippen molar-refractivity contribution in [2.24, 2.45) is 0 Å². The van der Waals surface area contributed by atoms with Crippen LogP contribution in [-0.4, -0.2) is 6.04 Å². The molecule has 20 heavy (non-hydrogen) atoms. The van der Waals surface area contributed by atoms with Crippen LogP contribution in [0.2, 0.25) is 0 Å². The number of halogens is 2. The van der Waals surface area contributed by atoms with Crippen LogP contribution >= 0.6 is 0 Å². The highest BCUT2D eigenvalue weighted by Gasteiger charge is 2.06. The van der Waals surface area contributed by atoms with E-state index in [0.29, 0.717) is 0 Å². The average Bonchev–Trinajstić information content (AvgIpc) is 2.44. The quantitative estimate of drug-likeness (QED) is 0.518. The van der Waals surface area contributed by atoms with Crippen molar-refractivity contribution in [2.75, 3.05) is 0 Å². The Morgan fingerprint density at radius 3 is 2.20 bits per heavy atom. The molecule has 3 aromatic rings. The molecule has 0 aromatic heterocycles. The van der Waals surface area contributed by atoms with Crippen molar-refractivity contribution in [1.82, 2.24) is 0 Å². The summed E-state index contributed by atoms with van der Waals surface area (Å²) in [6.07, 6.45) is 0. The number of carbonyl (C=O) groups excluding carboxylic acids is 1. The van der Waals surface area contributed by atoms with Crippen LogP contribution in [0.5, 0.6) is 0 Å². The summed E-state index contributed by atoms with van der Waals surface area (Å²) < 4.78 is 24.6. The highest BCUT2D eigenvalue weighted by molar-refractivity contribution is 6.01. The zero-order chi connectivity index (χ0) is 14.1. The summed E-state index contributed by atoms with van der Waals surface area (Å²) in [6, 6.07) is 12.5. The summed E-state index contributed by atoms with van der Waals surface area (Å²) >= 11 is 0. The minimum Gasteiger partial charge on any atom is -0.255 e. The van der Waals surface area contributed by atoms with Gasteiger partial charge in [-0.2, -0.15) is 9.33 Å². The molecule has 0 heterocycles. The van der Waals surface area contributed by atoms with Gasteiger partial charge in [-0.1, -0.05) is 18.2 Å². The first-order valence-corrected chi connectivity index (χ1v) is 6.07. The lowest BCUT2D eigenvalue weighted by Crippen LogP contribution is -1.90. The van der Waals surface area contributed by atoms with Crippen LogP contribution in [0.15, 0.2) is 48.5 Å². The van der Waals surface area contributed by atoms with E-state index in [-0.39, 0.29) is 12.2 Å². The van der Waals surface area contributed by atoms with Gasteiger partial charge in [0.25, 0.3) is 0 Å². The summed E-state index contributed by atoms with van der Waals surface area (Å²) in [7, 11) is 0. The highest BCUT2D eigenvalue weighted by atomic mass is 19.3. The minimum atomic E-state index is -1.44. The first kappa shape index (κ1) is 12.7. The van der Waals surface area contributed by atoms with Crippen molar-refractivity contribution in [3.05, 3.63) is 59.7 Å². The van der Waals surface area contributed by atoms with Gasteiger partial charge in [0.15, 0.2) is 0 Å². The van der Waals surface area contributed by atoms with E-state index in [9.17, 15) is 13.7 Å². The number of hydrogen-bond acceptors (Lipinski definition) is 2. The molecular weight excluding hydrogens is 262 g/mol. The Bertz CT molecular complexity index is 812. The maximum Gasteiger partial charge on any atom is 0.332 e. The molecule has 3 aromatic carbocycles. The van der Waals surface area contributed by atoms with Crippen molar-refractivity contribution < 1.29 is 18.7 Å². The molecule has 0 saturated carbocycles. The van der Waals surface area contributed by atoms with Crippen molar-refractivity contribution in [3.63, 3.8) is 0 Å². The molecule has 0 unspecified atom stereocenters. The number of fused-ring (bicyclic) bond motifs is 2. The molecule has 0 aliphatic rings. The van der Waals surface area contributed by atoms with Gasteiger partial charge in [-0.25, -0.2) is 0 Å². The Kier molecular flexibility index (Phi) is 3.16. The fourth-order valence-corrected chi connectivity index (χ4v) is 2.32. The second-order valence-electron chi connectivity index (χ2n) is 4.62. The second-order valence-corrected chi connectivity index (χ2v) is 4.62. The van der Waals surface area contributed by atoms with Crippen LogP contribution in [0.1, 0.15) is 15.9 Å². The van der Waals surface area contributed by atoms with E-state index in [1.165, 1.54) is 12.1 Å². The highest BCUT2D eigenvalue weighted by Crippen LogP contribution is 2.25. The third-order valence-corrected chi connectivity index (χ3v) is 3.31. The van der Waals surface area contributed by atoms with Gasteiger partial charge in [0.2, 0.25) is 0 Å². The Morgan fingerprint density at radius 1 is 0.900 bits per heavy atom. The van der Waals surface area contributed by atoms with E-state index in [2.05, 4.69) is 4.94 Å². The van der Waals surface area contributed by atoms with Crippen LogP contribution in [-0.2, 0) is 11.5 Å². The Morgan fingerprint density at radius 2 is 1.55 bits per heavy atom. The van der Waals surface area contributed by atoms with Gasteiger partial charge < -0.3 is 0 Å². The van der Waals surface area contributed by atoms with E-state index in [4.69, 9.17) is 0 Å². The molecular formula is C16H10F2O2. The van der Waals surface area contributed by atoms with Gasteiger partial charge in [0.05, 0.1) is 5.56 Å². The molecule has 0 saturated heterocycles. The molecule has 4 heteroatoms. The second kappa shape index (κ2) is 4.98. The van der Waals surface area contributed by atoms with Crippen LogP contribution < -0.4 is 0 Å². The van der Waals surface area contributed by atoms with Gasteiger partial charge in [0.1, 0.15) is 6.61 Å². The Hall–Kier alpha value is -2.33. The normalized spacial score (nSPS) is 11.1. The first-order valence-electron chi connectivity index (χ1n) is 6.07. The molecule has 0 radical (unpaired) electrons. The van der Waals surface area contributed by atoms with Crippen molar-refractivity contribution in [1.29, 1.82) is 0 Å². The summed E-state index contributed by atoms with van der Waals surface area (Å²) in [5, 5.41) is 3.55. The van der Waals surface area contributed by atoms with Crippen LogP contribution in [0.4, 0.5) is 8.92 Å². The predicted octanol–water partition coefficient (Wildman–Crippen LogP) is 4.50. The predicted molar refractivity (Wildman–Crippen MR) is 72.8 cm³/mol. The van der Waals surface area contributed by atoms with Crippen molar-refractivity contribution >= 4 is 27.6 Å². The number of rotatable bonds is 3. The first-order chi connectivity index (χ1) is 9.67. The molecule has 0 spiro atoms. The molecule has 0 fully saturated rings. The summed E-state index contributed by atoms with van der Waals surface area (Å²) in [5.41, 5.74) is 0.772. The van der Waals surface area contributed by atoms with Crippen LogP contribution in [0.3, 0.4) is 0 Å². The zero-order valence-electron chi connectivity index (χ0n) is 10.4. The Labute approximate surface area is 113 Å². The van der Waals surface area contributed by atoms with Gasteiger partial charge in [0, 0.05) is 0 Å². The van der Waals surface area contributed by atoms with Crippen LogP contribution in [0.25, 0.3) is 21.5 Å². The largest absolute Gasteiger partial charge is 0.332 e. The van der Waals surface area contributed by atoms with Crippen molar-refractivity contribution in [3.8, 4) is 0 Å². The molecule has 0 aliphatic heterocycles. The van der Waals surface area contributed by atoms with E-state index < -0.39 is 6.04 Å². The molecule has 0 bridgehead atoms. The third kappa shape index (κ3) is 2.26. The van der Waals surface area contributed by atoms with Gasteiger partial charge in [-0.15, -0.1) is 0 Å². The zero-order valence-corrected chi connectivity index (χ0v) is 10.4. The van der Waals surface area contributed by atoms with E-state index in [1.54, 1.807) is 12.1 Å². The Balaban J connectivity index is 2.20. The van der Waals surface area contributed by atoms with E-state index in [0.717, 1.165) is 27.1 Å². The monoisotopic (exact) mass is 272 g/mol. The molecule has 0 aliphatic carbocycles. The lowest BCUT2D eigenvalue weighted by atomic mass is 10.0. The van der Waals surface area contributed by atoms with E-state index >= 15 is 0 Å². The minimum absolute atomic E-state index is 0.0410. The summed E-state index contributed by atoms with van der Waals surface area (Å²) in [6.45, 7) is -0.0940. The molecule has 3 rings (SSSR count). The molecule has 2 nitrogen and oxygen atoms in total. The average molecular weight is 272 g/mol. The third-order valence-electron chi connectivity index (χ3n) is 3.31. The summed E-state index contributed by atoms with van der Waals surface area (Å²) in [4.78, 5) is 14.4. The maximum absolute atomic E-state index is 12.7. The van der Waals surface area contributed by atoms with Gasteiger partial charge in [-0.3, -0.25) is 4.79 Å². The van der Waals surface area contributed by atoms with Gasteiger partial charge >= 0.3 is 6.04 Å². The molecule has 0 atom stereocenters. The smallest absolute Gasteiger partial charge is 0.255 e. The maximum atomic E-state index is 12.7. The number of carbonyl (C=O) groups is 1. The molecule has 100 valence electrons. The number of hydrogen-bond donors (Lipinski definition) is 0. The molecule has 0 N–H and O–H groups in total. The topological polar surface area (TPSA) is 26.3 Å². The standard InChI is InChI=1S/C16H10F2O2/c17-16(19)13-4-3-12-6-14-5-10(9-20-18)1-2-11(14)7-15(12)8-13/h1-8H,9H2. The van der Waals surface area contributed by atoms with E-state index in [1.807, 2.05) is 24.3 Å². The van der Waals surface area contributed by atoms with Crippen molar-refractivity contribution in [2.45, 2.75) is 6.61 Å². The fourth-order valence-electron chi connectivity index (χ4n) is 2.32. The summed E-state index contributed by atoms with van der Waals surface area (Å²) in [5.74, 6) is 0. The van der Waals surface area contributed by atoms with Gasteiger partial charge in [-0.05, 0) is 62.0 Å². The fraction of sp³-hybridized carbons (Fsp3) is 0.0625. The molecule has 0 amide bonds. The lowest BCUT2D eigenvalue weighted by Gasteiger charge is -2.05. The SMILES string of the molecule is O=C(F)c1ccc2cc3cc(COF)ccc3cc2c1. The lowest BCUT2D eigenvalue weighted by molar-refractivity contribution is -0.144.